The SMILES string of the molecule is CCN(CC)c1nc(Nc2ccc(C)c(C)c2)c2cn[nH]c2n1. The Morgan fingerprint density at radius 1 is 1.09 bits per heavy atom. The number of nitrogens with zero attached hydrogens (tertiary/aromatic N) is 4. The molecule has 0 aliphatic rings. The zero-order chi connectivity index (χ0) is 16.4. The van der Waals surface area contributed by atoms with E-state index in [0.717, 1.165) is 35.6 Å². The highest BCUT2D eigenvalue weighted by atomic mass is 15.3. The van der Waals surface area contributed by atoms with E-state index in [1.165, 1.54) is 11.1 Å². The van der Waals surface area contributed by atoms with Gasteiger partial charge in [-0.15, -0.1) is 0 Å². The van der Waals surface area contributed by atoms with Crippen LogP contribution >= 0.6 is 0 Å². The van der Waals surface area contributed by atoms with Gasteiger partial charge in [-0.2, -0.15) is 15.1 Å². The van der Waals surface area contributed by atoms with Crippen molar-refractivity contribution in [3.63, 3.8) is 0 Å². The van der Waals surface area contributed by atoms with E-state index in [-0.39, 0.29) is 0 Å². The zero-order valence-corrected chi connectivity index (χ0v) is 14.0. The quantitative estimate of drug-likeness (QED) is 0.754. The number of anilines is 3. The molecule has 3 rings (SSSR count). The van der Waals surface area contributed by atoms with Crippen molar-refractivity contribution in [2.24, 2.45) is 0 Å². The molecule has 6 heteroatoms. The molecule has 2 heterocycles. The molecule has 0 fully saturated rings. The molecule has 0 saturated heterocycles. The van der Waals surface area contributed by atoms with Gasteiger partial charge in [-0.25, -0.2) is 0 Å². The number of aromatic amines is 1. The van der Waals surface area contributed by atoms with Gasteiger partial charge < -0.3 is 10.2 Å². The van der Waals surface area contributed by atoms with Gasteiger partial charge in [0.1, 0.15) is 5.82 Å². The van der Waals surface area contributed by atoms with Crippen LogP contribution in [0.5, 0.6) is 0 Å². The van der Waals surface area contributed by atoms with Gasteiger partial charge >= 0.3 is 0 Å². The van der Waals surface area contributed by atoms with Gasteiger partial charge in [-0.05, 0) is 51.0 Å². The van der Waals surface area contributed by atoms with E-state index in [1.807, 2.05) is 0 Å². The van der Waals surface area contributed by atoms with E-state index in [9.17, 15) is 0 Å². The van der Waals surface area contributed by atoms with Crippen molar-refractivity contribution in [3.05, 3.63) is 35.5 Å². The topological polar surface area (TPSA) is 69.7 Å². The summed E-state index contributed by atoms with van der Waals surface area (Å²) in [6.07, 6.45) is 1.75. The van der Waals surface area contributed by atoms with Crippen LogP contribution in [0.15, 0.2) is 24.4 Å². The fourth-order valence-electron chi connectivity index (χ4n) is 2.52. The first kappa shape index (κ1) is 15.3. The second-order valence-electron chi connectivity index (χ2n) is 5.60. The van der Waals surface area contributed by atoms with Crippen LogP contribution in [0.25, 0.3) is 11.0 Å². The summed E-state index contributed by atoms with van der Waals surface area (Å²) in [4.78, 5) is 11.4. The minimum absolute atomic E-state index is 0.707. The van der Waals surface area contributed by atoms with E-state index in [2.05, 4.69) is 71.3 Å². The first-order valence-corrected chi connectivity index (χ1v) is 7.92. The number of hydrogen-bond donors (Lipinski definition) is 2. The molecule has 23 heavy (non-hydrogen) atoms. The van der Waals surface area contributed by atoms with Crippen molar-refractivity contribution in [3.8, 4) is 0 Å². The van der Waals surface area contributed by atoms with Gasteiger partial charge in [0.15, 0.2) is 5.65 Å². The van der Waals surface area contributed by atoms with Gasteiger partial charge in [0, 0.05) is 18.8 Å². The van der Waals surface area contributed by atoms with Crippen LogP contribution in [-0.2, 0) is 0 Å². The van der Waals surface area contributed by atoms with Gasteiger partial charge in [0.05, 0.1) is 11.6 Å². The average molecular weight is 310 g/mol. The maximum Gasteiger partial charge on any atom is 0.229 e. The Hall–Kier alpha value is -2.63. The summed E-state index contributed by atoms with van der Waals surface area (Å²) in [5.74, 6) is 1.48. The molecule has 0 aliphatic heterocycles. The Kier molecular flexibility index (Phi) is 4.14. The van der Waals surface area contributed by atoms with Crippen LogP contribution in [0.1, 0.15) is 25.0 Å². The Balaban J connectivity index is 2.04. The molecule has 0 bridgehead atoms. The molecule has 6 nitrogen and oxygen atoms in total. The van der Waals surface area contributed by atoms with Crippen molar-refractivity contribution in [1.82, 2.24) is 20.2 Å². The zero-order valence-electron chi connectivity index (χ0n) is 14.0. The molecule has 2 aromatic heterocycles. The number of H-pyrrole nitrogens is 1. The lowest BCUT2D eigenvalue weighted by Gasteiger charge is -2.19. The molecular formula is C17H22N6. The van der Waals surface area contributed by atoms with Crippen molar-refractivity contribution in [1.29, 1.82) is 0 Å². The maximum atomic E-state index is 4.71. The van der Waals surface area contributed by atoms with Crippen LogP contribution < -0.4 is 10.2 Å². The third kappa shape index (κ3) is 2.97. The van der Waals surface area contributed by atoms with Crippen LogP contribution in [0.3, 0.4) is 0 Å². The number of benzene rings is 1. The Morgan fingerprint density at radius 2 is 1.87 bits per heavy atom. The maximum absolute atomic E-state index is 4.71. The smallest absolute Gasteiger partial charge is 0.229 e. The van der Waals surface area contributed by atoms with Crippen molar-refractivity contribution in [2.75, 3.05) is 23.3 Å². The molecule has 3 aromatic rings. The van der Waals surface area contributed by atoms with Gasteiger partial charge in [0.25, 0.3) is 0 Å². The molecule has 2 N–H and O–H groups in total. The van der Waals surface area contributed by atoms with Crippen LogP contribution in [0, 0.1) is 13.8 Å². The average Bonchev–Trinajstić information content (AvgIpc) is 3.01. The summed E-state index contributed by atoms with van der Waals surface area (Å²) in [7, 11) is 0. The fourth-order valence-corrected chi connectivity index (χ4v) is 2.52. The third-order valence-corrected chi connectivity index (χ3v) is 4.11. The van der Waals surface area contributed by atoms with E-state index in [0.29, 0.717) is 5.95 Å². The molecular weight excluding hydrogens is 288 g/mol. The number of nitrogens with one attached hydrogen (secondary N) is 2. The monoisotopic (exact) mass is 310 g/mol. The largest absolute Gasteiger partial charge is 0.341 e. The molecule has 0 saturated carbocycles. The van der Waals surface area contributed by atoms with E-state index in [4.69, 9.17) is 4.98 Å². The number of aromatic nitrogens is 4. The second kappa shape index (κ2) is 6.24. The molecule has 0 atom stereocenters. The summed E-state index contributed by atoms with van der Waals surface area (Å²) in [5.41, 5.74) is 4.28. The number of fused-ring (bicyclic) bond motifs is 1. The van der Waals surface area contributed by atoms with E-state index < -0.39 is 0 Å². The highest BCUT2D eigenvalue weighted by Crippen LogP contribution is 2.26. The lowest BCUT2D eigenvalue weighted by molar-refractivity contribution is 0.826. The summed E-state index contributed by atoms with van der Waals surface area (Å²) in [6, 6.07) is 6.30. The molecule has 0 amide bonds. The lowest BCUT2D eigenvalue weighted by Crippen LogP contribution is -2.24. The number of hydrogen-bond acceptors (Lipinski definition) is 5. The first-order chi connectivity index (χ1) is 11.1. The van der Waals surface area contributed by atoms with Crippen molar-refractivity contribution < 1.29 is 0 Å². The van der Waals surface area contributed by atoms with Gasteiger partial charge in [0.2, 0.25) is 5.95 Å². The normalized spacial score (nSPS) is 11.0. The van der Waals surface area contributed by atoms with E-state index in [1.54, 1.807) is 6.20 Å². The number of rotatable bonds is 5. The Morgan fingerprint density at radius 3 is 2.57 bits per heavy atom. The van der Waals surface area contributed by atoms with Crippen LogP contribution in [0.2, 0.25) is 0 Å². The van der Waals surface area contributed by atoms with Crippen LogP contribution in [0.4, 0.5) is 17.5 Å². The highest BCUT2D eigenvalue weighted by molar-refractivity contribution is 5.89. The molecule has 1 aromatic carbocycles. The van der Waals surface area contributed by atoms with Crippen molar-refractivity contribution in [2.45, 2.75) is 27.7 Å². The molecule has 0 radical (unpaired) electrons. The number of aryl methyl sites for hydroxylation is 2. The minimum Gasteiger partial charge on any atom is -0.341 e. The molecule has 0 unspecified atom stereocenters. The predicted octanol–water partition coefficient (Wildman–Crippen LogP) is 3.56. The molecule has 0 spiro atoms. The van der Waals surface area contributed by atoms with E-state index >= 15 is 0 Å². The highest BCUT2D eigenvalue weighted by Gasteiger charge is 2.13. The lowest BCUT2D eigenvalue weighted by atomic mass is 10.1. The fraction of sp³-hybridized carbons (Fsp3) is 0.353. The Bertz CT molecular complexity index is 819. The van der Waals surface area contributed by atoms with Gasteiger partial charge in [-0.3, -0.25) is 5.10 Å². The summed E-state index contributed by atoms with van der Waals surface area (Å²) < 4.78 is 0. The second-order valence-corrected chi connectivity index (χ2v) is 5.60. The standard InChI is InChI=1S/C17H22N6/c1-5-23(6-2)17-20-15(14-10-18-22-16(14)21-17)19-13-8-7-11(3)12(4)9-13/h7-10H,5-6H2,1-4H3,(H2,18,19,20,21,22). The van der Waals surface area contributed by atoms with Crippen molar-refractivity contribution >= 4 is 28.5 Å². The van der Waals surface area contributed by atoms with Crippen LogP contribution in [-0.4, -0.2) is 33.3 Å². The Labute approximate surface area is 136 Å². The first-order valence-electron chi connectivity index (χ1n) is 7.92. The molecule has 0 aliphatic carbocycles. The summed E-state index contributed by atoms with van der Waals surface area (Å²) >= 11 is 0. The summed E-state index contributed by atoms with van der Waals surface area (Å²) in [6.45, 7) is 10.1. The van der Waals surface area contributed by atoms with Gasteiger partial charge in [-0.1, -0.05) is 6.07 Å². The summed E-state index contributed by atoms with van der Waals surface area (Å²) in [5, 5.41) is 11.3. The molecule has 120 valence electrons. The minimum atomic E-state index is 0.707. The predicted molar refractivity (Wildman–Crippen MR) is 94.4 cm³/mol. The third-order valence-electron chi connectivity index (χ3n) is 4.11.